The van der Waals surface area contributed by atoms with E-state index in [1.165, 1.54) is 19.4 Å². The lowest BCUT2D eigenvalue weighted by molar-refractivity contribution is -0.909. The van der Waals surface area contributed by atoms with Crippen molar-refractivity contribution in [2.75, 3.05) is 19.6 Å². The van der Waals surface area contributed by atoms with Crippen molar-refractivity contribution in [2.45, 2.75) is 25.8 Å². The molecule has 1 aliphatic heterocycles. The van der Waals surface area contributed by atoms with Gasteiger partial charge in [-0.15, -0.1) is 0 Å². The van der Waals surface area contributed by atoms with Gasteiger partial charge in [0.15, 0.2) is 0 Å². The highest BCUT2D eigenvalue weighted by molar-refractivity contribution is 9.10. The predicted octanol–water partition coefficient (Wildman–Crippen LogP) is 1.25. The lowest BCUT2D eigenvalue weighted by atomic mass is 10.2. The Hall–Kier alpha value is -0.870. The van der Waals surface area contributed by atoms with E-state index < -0.39 is 0 Å². The summed E-state index contributed by atoms with van der Waals surface area (Å²) >= 11 is 3.41. The van der Waals surface area contributed by atoms with Crippen molar-refractivity contribution in [1.82, 2.24) is 5.32 Å². The summed E-state index contributed by atoms with van der Waals surface area (Å²) in [5.41, 5.74) is 0.716. The summed E-state index contributed by atoms with van der Waals surface area (Å²) in [6, 6.07) is 8.13. The SMILES string of the molecule is CC[NH+]1CCC[C@H]1CNC(=O)c1ccccc1Br. The lowest BCUT2D eigenvalue weighted by Gasteiger charge is -2.20. The third-order valence-electron chi connectivity index (χ3n) is 3.71. The number of quaternary nitrogens is 1. The number of carbonyl (C=O) groups excluding carboxylic acids is 1. The Labute approximate surface area is 117 Å². The van der Waals surface area contributed by atoms with E-state index >= 15 is 0 Å². The van der Waals surface area contributed by atoms with Crippen LogP contribution in [-0.4, -0.2) is 31.6 Å². The zero-order valence-corrected chi connectivity index (χ0v) is 12.3. The normalized spacial score (nSPS) is 23.0. The molecular formula is C14H20BrN2O+. The summed E-state index contributed by atoms with van der Waals surface area (Å²) in [6.45, 7) is 5.38. The molecule has 3 nitrogen and oxygen atoms in total. The number of nitrogens with one attached hydrogen (secondary N) is 2. The predicted molar refractivity (Wildman–Crippen MR) is 75.9 cm³/mol. The molecule has 1 fully saturated rings. The van der Waals surface area contributed by atoms with Gasteiger partial charge in [-0.2, -0.15) is 0 Å². The number of amides is 1. The maximum atomic E-state index is 12.1. The van der Waals surface area contributed by atoms with Crippen molar-refractivity contribution in [1.29, 1.82) is 0 Å². The minimum Gasteiger partial charge on any atom is -0.346 e. The monoisotopic (exact) mass is 311 g/mol. The van der Waals surface area contributed by atoms with Crippen LogP contribution in [0.25, 0.3) is 0 Å². The van der Waals surface area contributed by atoms with E-state index in [1.807, 2.05) is 24.3 Å². The quantitative estimate of drug-likeness (QED) is 0.862. The average molecular weight is 312 g/mol. The maximum Gasteiger partial charge on any atom is 0.252 e. The third-order valence-corrected chi connectivity index (χ3v) is 4.40. The van der Waals surface area contributed by atoms with Crippen LogP contribution in [0.5, 0.6) is 0 Å². The van der Waals surface area contributed by atoms with Crippen LogP contribution < -0.4 is 10.2 Å². The lowest BCUT2D eigenvalue weighted by Crippen LogP contribution is -3.14. The second kappa shape index (κ2) is 6.34. The maximum absolute atomic E-state index is 12.1. The molecule has 1 aromatic carbocycles. The first-order chi connectivity index (χ1) is 8.72. The third kappa shape index (κ3) is 3.12. The molecule has 18 heavy (non-hydrogen) atoms. The van der Waals surface area contributed by atoms with E-state index in [2.05, 4.69) is 28.2 Å². The van der Waals surface area contributed by atoms with Crippen molar-refractivity contribution in [3.8, 4) is 0 Å². The zero-order valence-electron chi connectivity index (χ0n) is 10.7. The van der Waals surface area contributed by atoms with Crippen LogP contribution >= 0.6 is 15.9 Å². The summed E-state index contributed by atoms with van der Waals surface area (Å²) < 4.78 is 0.855. The number of halogens is 1. The van der Waals surface area contributed by atoms with Crippen LogP contribution in [0.2, 0.25) is 0 Å². The molecule has 0 saturated carbocycles. The summed E-state index contributed by atoms with van der Waals surface area (Å²) in [5.74, 6) is 0.0184. The van der Waals surface area contributed by atoms with Crippen molar-refractivity contribution in [3.63, 3.8) is 0 Å². The highest BCUT2D eigenvalue weighted by Gasteiger charge is 2.27. The molecule has 2 rings (SSSR count). The van der Waals surface area contributed by atoms with Crippen molar-refractivity contribution >= 4 is 21.8 Å². The van der Waals surface area contributed by atoms with E-state index in [9.17, 15) is 4.79 Å². The van der Waals surface area contributed by atoms with E-state index in [-0.39, 0.29) is 5.91 Å². The summed E-state index contributed by atoms with van der Waals surface area (Å²) in [7, 11) is 0. The van der Waals surface area contributed by atoms with Crippen LogP contribution in [0.1, 0.15) is 30.1 Å². The number of likely N-dealkylation sites (N-methyl/N-ethyl adjacent to an activating group) is 1. The largest absolute Gasteiger partial charge is 0.346 e. The van der Waals surface area contributed by atoms with Crippen LogP contribution in [0.15, 0.2) is 28.7 Å². The van der Waals surface area contributed by atoms with E-state index in [0.29, 0.717) is 11.6 Å². The Bertz CT molecular complexity index is 422. The molecule has 1 unspecified atom stereocenters. The van der Waals surface area contributed by atoms with Crippen LogP contribution in [0.4, 0.5) is 0 Å². The van der Waals surface area contributed by atoms with Gasteiger partial charge in [0.05, 0.1) is 25.2 Å². The van der Waals surface area contributed by atoms with Gasteiger partial charge >= 0.3 is 0 Å². The van der Waals surface area contributed by atoms with Gasteiger partial charge < -0.3 is 10.2 Å². The standard InChI is InChI=1S/C14H19BrN2O/c1-2-17-9-5-6-11(17)10-16-14(18)12-7-3-4-8-13(12)15/h3-4,7-8,11H,2,5-6,9-10H2,1H3,(H,16,18)/p+1/t11-/m0/s1. The average Bonchev–Trinajstić information content (AvgIpc) is 2.84. The van der Waals surface area contributed by atoms with Crippen molar-refractivity contribution < 1.29 is 9.69 Å². The fourth-order valence-electron chi connectivity index (χ4n) is 2.65. The summed E-state index contributed by atoms with van der Waals surface area (Å²) in [5, 5.41) is 3.06. The number of likely N-dealkylation sites (tertiary alicyclic amines) is 1. The fourth-order valence-corrected chi connectivity index (χ4v) is 3.12. The van der Waals surface area contributed by atoms with Gasteiger partial charge in [0.1, 0.15) is 6.04 Å². The Morgan fingerprint density at radius 3 is 3.00 bits per heavy atom. The van der Waals surface area contributed by atoms with Crippen molar-refractivity contribution in [3.05, 3.63) is 34.3 Å². The topological polar surface area (TPSA) is 33.5 Å². The highest BCUT2D eigenvalue weighted by atomic mass is 79.9. The Morgan fingerprint density at radius 1 is 1.50 bits per heavy atom. The van der Waals surface area contributed by atoms with Gasteiger partial charge in [-0.3, -0.25) is 4.79 Å². The Balaban J connectivity index is 1.91. The second-order valence-electron chi connectivity index (χ2n) is 4.79. The molecular weight excluding hydrogens is 292 g/mol. The molecule has 2 atom stereocenters. The molecule has 1 amide bonds. The van der Waals surface area contributed by atoms with Gasteiger partial charge in [-0.1, -0.05) is 12.1 Å². The number of carbonyl (C=O) groups is 1. The molecule has 1 heterocycles. The molecule has 1 aliphatic rings. The molecule has 2 N–H and O–H groups in total. The molecule has 4 heteroatoms. The van der Waals surface area contributed by atoms with Crippen LogP contribution in [-0.2, 0) is 0 Å². The fraction of sp³-hybridized carbons (Fsp3) is 0.500. The molecule has 98 valence electrons. The number of hydrogen-bond donors (Lipinski definition) is 2. The molecule has 1 aromatic rings. The van der Waals surface area contributed by atoms with Gasteiger partial charge in [-0.25, -0.2) is 0 Å². The van der Waals surface area contributed by atoms with Gasteiger partial charge in [0.25, 0.3) is 5.91 Å². The van der Waals surface area contributed by atoms with Gasteiger partial charge in [-0.05, 0) is 35.0 Å². The molecule has 0 radical (unpaired) electrons. The van der Waals surface area contributed by atoms with Gasteiger partial charge in [0, 0.05) is 17.3 Å². The molecule has 0 bridgehead atoms. The molecule has 0 spiro atoms. The summed E-state index contributed by atoms with van der Waals surface area (Å²) in [4.78, 5) is 13.7. The first-order valence-electron chi connectivity index (χ1n) is 6.59. The number of benzene rings is 1. The van der Waals surface area contributed by atoms with Crippen LogP contribution in [0.3, 0.4) is 0 Å². The minimum atomic E-state index is 0.0184. The number of hydrogen-bond acceptors (Lipinski definition) is 1. The molecule has 1 saturated heterocycles. The first-order valence-corrected chi connectivity index (χ1v) is 7.39. The van der Waals surface area contributed by atoms with Crippen LogP contribution in [0, 0.1) is 0 Å². The van der Waals surface area contributed by atoms with Crippen molar-refractivity contribution in [2.24, 2.45) is 0 Å². The second-order valence-corrected chi connectivity index (χ2v) is 5.65. The Morgan fingerprint density at radius 2 is 2.28 bits per heavy atom. The Kier molecular flexibility index (Phi) is 4.78. The van der Waals surface area contributed by atoms with Gasteiger partial charge in [0.2, 0.25) is 0 Å². The highest BCUT2D eigenvalue weighted by Crippen LogP contribution is 2.15. The number of rotatable bonds is 4. The van der Waals surface area contributed by atoms with E-state index in [0.717, 1.165) is 17.6 Å². The first kappa shape index (κ1) is 13.6. The molecule has 0 aromatic heterocycles. The van der Waals surface area contributed by atoms with E-state index in [1.54, 1.807) is 4.90 Å². The smallest absolute Gasteiger partial charge is 0.252 e. The molecule has 0 aliphatic carbocycles. The van der Waals surface area contributed by atoms with E-state index in [4.69, 9.17) is 0 Å². The minimum absolute atomic E-state index is 0.0184. The zero-order chi connectivity index (χ0) is 13.0. The summed E-state index contributed by atoms with van der Waals surface area (Å²) in [6.07, 6.45) is 2.50.